The number of Topliss-reactive ketones (excluding diaryl/α,β-unsaturated/α-hetero) is 1. The molecule has 0 saturated carbocycles. The number of carbonyl (C=O) groups excluding carboxylic acids is 1. The zero-order chi connectivity index (χ0) is 11.7. The summed E-state index contributed by atoms with van der Waals surface area (Å²) in [5.41, 5.74) is 1.78. The molecule has 4 nitrogen and oxygen atoms in total. The maximum atomic E-state index is 11.3. The van der Waals surface area contributed by atoms with Crippen LogP contribution in [-0.4, -0.2) is 20.5 Å². The Bertz CT molecular complexity index is 527. The van der Waals surface area contributed by atoms with Gasteiger partial charge in [0, 0.05) is 25.2 Å². The van der Waals surface area contributed by atoms with Gasteiger partial charge in [-0.25, -0.2) is 4.98 Å². The maximum Gasteiger partial charge on any atom is 0.171 e. The molecule has 84 valence electrons. The van der Waals surface area contributed by atoms with Crippen molar-refractivity contribution in [3.63, 3.8) is 0 Å². The van der Waals surface area contributed by atoms with E-state index in [9.17, 15) is 4.79 Å². The largest absolute Gasteiger partial charge is 0.294 e. The van der Waals surface area contributed by atoms with E-state index in [1.807, 2.05) is 24.7 Å². The fourth-order valence-corrected chi connectivity index (χ4v) is 2.43. The van der Waals surface area contributed by atoms with Crippen molar-refractivity contribution in [2.75, 3.05) is 0 Å². The van der Waals surface area contributed by atoms with Crippen LogP contribution < -0.4 is 0 Å². The van der Waals surface area contributed by atoms with Crippen LogP contribution in [0.2, 0.25) is 0 Å². The molecule has 0 unspecified atom stereocenters. The lowest BCUT2D eigenvalue weighted by molar-refractivity contribution is 0.102. The number of aromatic nitrogens is 3. The van der Waals surface area contributed by atoms with E-state index in [0.29, 0.717) is 0 Å². The van der Waals surface area contributed by atoms with Gasteiger partial charge in [-0.15, -0.1) is 11.3 Å². The van der Waals surface area contributed by atoms with Gasteiger partial charge in [0.05, 0.1) is 16.8 Å². The Kier molecular flexibility index (Phi) is 2.87. The highest BCUT2D eigenvalue weighted by Crippen LogP contribution is 2.27. The SMILES string of the molecule is CCn1cc(-c2nc(C)c(C(C)=O)s2)cn1. The van der Waals surface area contributed by atoms with E-state index in [1.165, 1.54) is 11.3 Å². The number of aryl methyl sites for hydroxylation is 2. The van der Waals surface area contributed by atoms with Gasteiger partial charge in [-0.3, -0.25) is 9.48 Å². The normalized spacial score (nSPS) is 10.7. The third-order valence-electron chi connectivity index (χ3n) is 2.32. The van der Waals surface area contributed by atoms with Crippen molar-refractivity contribution in [2.24, 2.45) is 0 Å². The average Bonchev–Trinajstić information content (AvgIpc) is 2.83. The summed E-state index contributed by atoms with van der Waals surface area (Å²) in [5.74, 6) is 0.0733. The van der Waals surface area contributed by atoms with Gasteiger partial charge in [0.1, 0.15) is 5.01 Å². The molecule has 0 amide bonds. The molecule has 0 spiro atoms. The van der Waals surface area contributed by atoms with E-state index in [-0.39, 0.29) is 5.78 Å². The summed E-state index contributed by atoms with van der Waals surface area (Å²) >= 11 is 1.43. The van der Waals surface area contributed by atoms with Crippen molar-refractivity contribution in [1.29, 1.82) is 0 Å². The van der Waals surface area contributed by atoms with Crippen LogP contribution >= 0.6 is 11.3 Å². The number of nitrogens with zero attached hydrogens (tertiary/aromatic N) is 3. The topological polar surface area (TPSA) is 47.8 Å². The number of thiazole rings is 1. The fourth-order valence-electron chi connectivity index (χ4n) is 1.49. The summed E-state index contributed by atoms with van der Waals surface area (Å²) in [6, 6.07) is 0. The second-order valence-corrected chi connectivity index (χ2v) is 4.57. The quantitative estimate of drug-likeness (QED) is 0.768. The highest BCUT2D eigenvalue weighted by atomic mass is 32.1. The number of hydrogen-bond acceptors (Lipinski definition) is 4. The Balaban J connectivity index is 2.41. The Morgan fingerprint density at radius 3 is 2.81 bits per heavy atom. The van der Waals surface area contributed by atoms with Crippen molar-refractivity contribution < 1.29 is 4.79 Å². The summed E-state index contributed by atoms with van der Waals surface area (Å²) in [6.45, 7) is 6.30. The van der Waals surface area contributed by atoms with Gasteiger partial charge in [0.25, 0.3) is 0 Å². The molecule has 16 heavy (non-hydrogen) atoms. The molecule has 0 N–H and O–H groups in total. The van der Waals surface area contributed by atoms with Crippen LogP contribution in [0, 0.1) is 6.92 Å². The van der Waals surface area contributed by atoms with E-state index < -0.39 is 0 Å². The summed E-state index contributed by atoms with van der Waals surface area (Å²) in [4.78, 5) is 16.5. The zero-order valence-corrected chi connectivity index (χ0v) is 10.3. The van der Waals surface area contributed by atoms with Crippen LogP contribution in [0.4, 0.5) is 0 Å². The Morgan fingerprint density at radius 1 is 1.56 bits per heavy atom. The molecule has 2 rings (SSSR count). The lowest BCUT2D eigenvalue weighted by atomic mass is 10.3. The first kappa shape index (κ1) is 11.0. The Morgan fingerprint density at radius 2 is 2.31 bits per heavy atom. The molecule has 0 aliphatic carbocycles. The molecule has 0 radical (unpaired) electrons. The second-order valence-electron chi connectivity index (χ2n) is 3.57. The molecule has 0 bridgehead atoms. The van der Waals surface area contributed by atoms with Crippen LogP contribution in [-0.2, 0) is 6.54 Å². The van der Waals surface area contributed by atoms with Gasteiger partial charge in [-0.05, 0) is 13.8 Å². The van der Waals surface area contributed by atoms with Gasteiger partial charge in [0.15, 0.2) is 5.78 Å². The Labute approximate surface area is 97.9 Å². The smallest absolute Gasteiger partial charge is 0.171 e. The lowest BCUT2D eigenvalue weighted by Gasteiger charge is -1.90. The number of carbonyl (C=O) groups is 1. The van der Waals surface area contributed by atoms with E-state index in [0.717, 1.165) is 27.7 Å². The molecular weight excluding hydrogens is 222 g/mol. The molecular formula is C11H13N3OS. The third-order valence-corrected chi connectivity index (χ3v) is 3.63. The van der Waals surface area contributed by atoms with Gasteiger partial charge in [-0.1, -0.05) is 0 Å². The van der Waals surface area contributed by atoms with E-state index in [1.54, 1.807) is 13.1 Å². The van der Waals surface area contributed by atoms with E-state index in [4.69, 9.17) is 0 Å². The van der Waals surface area contributed by atoms with Gasteiger partial charge in [0.2, 0.25) is 0 Å². The molecule has 2 heterocycles. The molecule has 0 saturated heterocycles. The van der Waals surface area contributed by atoms with Crippen molar-refractivity contribution in [3.05, 3.63) is 23.0 Å². The summed E-state index contributed by atoms with van der Waals surface area (Å²) in [5, 5.41) is 5.06. The third kappa shape index (κ3) is 1.90. The van der Waals surface area contributed by atoms with Crippen LogP contribution in [0.15, 0.2) is 12.4 Å². The van der Waals surface area contributed by atoms with Crippen LogP contribution in [0.5, 0.6) is 0 Å². The minimum atomic E-state index is 0.0733. The second kappa shape index (κ2) is 4.17. The predicted molar refractivity (Wildman–Crippen MR) is 63.8 cm³/mol. The maximum absolute atomic E-state index is 11.3. The van der Waals surface area contributed by atoms with Gasteiger partial charge in [-0.2, -0.15) is 5.10 Å². The number of ketones is 1. The standard InChI is InChI=1S/C11H13N3OS/c1-4-14-6-9(5-12-14)11-13-7(2)10(16-11)8(3)15/h5-6H,4H2,1-3H3. The first-order valence-electron chi connectivity index (χ1n) is 5.13. The van der Waals surface area contributed by atoms with Crippen LogP contribution in [0.3, 0.4) is 0 Å². The van der Waals surface area contributed by atoms with Gasteiger partial charge < -0.3 is 0 Å². The Hall–Kier alpha value is -1.49. The molecule has 0 aromatic carbocycles. The molecule has 0 aliphatic heterocycles. The van der Waals surface area contributed by atoms with Crippen LogP contribution in [0.25, 0.3) is 10.6 Å². The van der Waals surface area contributed by atoms with Crippen LogP contribution in [0.1, 0.15) is 29.2 Å². The van der Waals surface area contributed by atoms with E-state index >= 15 is 0 Å². The highest BCUT2D eigenvalue weighted by molar-refractivity contribution is 7.17. The molecule has 0 atom stereocenters. The molecule has 0 fully saturated rings. The first-order valence-corrected chi connectivity index (χ1v) is 5.94. The number of rotatable bonds is 3. The predicted octanol–water partition coefficient (Wildman–Crippen LogP) is 2.54. The number of hydrogen-bond donors (Lipinski definition) is 0. The molecule has 2 aromatic rings. The van der Waals surface area contributed by atoms with Crippen molar-refractivity contribution in [2.45, 2.75) is 27.3 Å². The minimum Gasteiger partial charge on any atom is -0.294 e. The average molecular weight is 235 g/mol. The van der Waals surface area contributed by atoms with Crippen molar-refractivity contribution >= 4 is 17.1 Å². The summed E-state index contributed by atoms with van der Waals surface area (Å²) in [7, 11) is 0. The van der Waals surface area contributed by atoms with Crippen molar-refractivity contribution in [3.8, 4) is 10.6 Å². The zero-order valence-electron chi connectivity index (χ0n) is 9.52. The summed E-state index contributed by atoms with van der Waals surface area (Å²) < 4.78 is 1.85. The van der Waals surface area contributed by atoms with E-state index in [2.05, 4.69) is 10.1 Å². The van der Waals surface area contributed by atoms with Gasteiger partial charge >= 0.3 is 0 Å². The van der Waals surface area contributed by atoms with Crippen molar-refractivity contribution in [1.82, 2.24) is 14.8 Å². The fraction of sp³-hybridized carbons (Fsp3) is 0.364. The lowest BCUT2D eigenvalue weighted by Crippen LogP contribution is -1.91. The minimum absolute atomic E-state index is 0.0733. The molecule has 5 heteroatoms. The first-order chi connectivity index (χ1) is 7.61. The molecule has 2 aromatic heterocycles. The highest BCUT2D eigenvalue weighted by Gasteiger charge is 2.13. The molecule has 0 aliphatic rings. The monoisotopic (exact) mass is 235 g/mol. The summed E-state index contributed by atoms with van der Waals surface area (Å²) in [6.07, 6.45) is 3.73.